The van der Waals surface area contributed by atoms with Crippen molar-refractivity contribution in [2.24, 2.45) is 5.10 Å². The number of hydrogen-bond acceptors (Lipinski definition) is 9. The summed E-state index contributed by atoms with van der Waals surface area (Å²) in [6.45, 7) is 1.51. The number of benzene rings is 3. The highest BCUT2D eigenvalue weighted by Gasteiger charge is 2.18. The Bertz CT molecular complexity index is 1540. The van der Waals surface area contributed by atoms with E-state index in [1.807, 2.05) is 74.4 Å². The van der Waals surface area contributed by atoms with Gasteiger partial charge in [0.15, 0.2) is 5.82 Å². The normalized spacial score (nSPS) is 11.8. The van der Waals surface area contributed by atoms with E-state index in [0.717, 1.165) is 28.2 Å². The van der Waals surface area contributed by atoms with E-state index in [1.54, 1.807) is 12.1 Å². The van der Waals surface area contributed by atoms with Crippen LogP contribution in [0, 0.1) is 0 Å². The zero-order valence-electron chi connectivity index (χ0n) is 22.7. The van der Waals surface area contributed by atoms with Crippen LogP contribution in [0.2, 0.25) is 0 Å². The summed E-state index contributed by atoms with van der Waals surface area (Å²) in [5.41, 5.74) is 7.36. The molecule has 1 heterocycles. The summed E-state index contributed by atoms with van der Waals surface area (Å²) in [5.74, 6) is 1.72. The predicted octanol–water partition coefficient (Wildman–Crippen LogP) is 3.98. The second-order valence-corrected chi connectivity index (χ2v) is 11.0. The molecule has 0 amide bonds. The second-order valence-electron chi connectivity index (χ2n) is 9.20. The van der Waals surface area contributed by atoms with Crippen molar-refractivity contribution in [1.82, 2.24) is 14.7 Å². The zero-order valence-corrected chi connectivity index (χ0v) is 23.5. The largest absolute Gasteiger partial charge is 0.395 e. The lowest BCUT2D eigenvalue weighted by atomic mass is 10.1. The van der Waals surface area contributed by atoms with Gasteiger partial charge in [-0.3, -0.25) is 5.43 Å². The van der Waals surface area contributed by atoms with Gasteiger partial charge in [0.2, 0.25) is 16.0 Å². The van der Waals surface area contributed by atoms with Gasteiger partial charge in [0.05, 0.1) is 17.2 Å². The van der Waals surface area contributed by atoms with Crippen LogP contribution in [0.5, 0.6) is 0 Å². The highest BCUT2D eigenvalue weighted by Crippen LogP contribution is 2.29. The average molecular weight is 560 g/mol. The van der Waals surface area contributed by atoms with Crippen LogP contribution in [-0.4, -0.2) is 56.5 Å². The topological polar surface area (TPSA) is 132 Å². The number of nitrogens with zero attached hydrogens (tertiary/aromatic N) is 4. The van der Waals surface area contributed by atoms with Crippen LogP contribution >= 0.6 is 0 Å². The van der Waals surface area contributed by atoms with Crippen LogP contribution in [0.4, 0.5) is 23.3 Å². The van der Waals surface area contributed by atoms with Crippen LogP contribution in [0.1, 0.15) is 23.6 Å². The SMILES string of the molecule is CC(=NNc1nc(Nc2ccccc2)nc(N(C)C)c1Cc1ccccc1)c1ccc(S(=O)(=O)NCCO)cc1. The number of aliphatic hydroxyl groups is 1. The maximum Gasteiger partial charge on any atom is 0.240 e. The molecule has 0 spiro atoms. The Morgan fingerprint density at radius 2 is 1.57 bits per heavy atom. The molecular weight excluding hydrogens is 526 g/mol. The molecule has 0 saturated carbocycles. The molecule has 0 aliphatic rings. The zero-order chi connectivity index (χ0) is 28.5. The molecule has 10 nitrogen and oxygen atoms in total. The Morgan fingerprint density at radius 3 is 2.20 bits per heavy atom. The standard InChI is InChI=1S/C29H33N7O3S/c1-21(23-14-16-25(17-15-23)40(38,39)30-18-19-37)34-35-27-26(20-22-10-6-4-7-11-22)28(36(2)3)33-29(32-27)31-24-12-8-5-9-13-24/h4-17,30,37H,18-20H2,1-3H3,(H2,31,32,33,35). The lowest BCUT2D eigenvalue weighted by Crippen LogP contribution is -2.26. The summed E-state index contributed by atoms with van der Waals surface area (Å²) in [7, 11) is 0.181. The lowest BCUT2D eigenvalue weighted by Gasteiger charge is -2.20. The molecule has 4 aromatic rings. The molecule has 0 fully saturated rings. The third-order valence-electron chi connectivity index (χ3n) is 5.98. The van der Waals surface area contributed by atoms with Crippen LogP contribution < -0.4 is 20.4 Å². The van der Waals surface area contributed by atoms with Crippen molar-refractivity contribution < 1.29 is 13.5 Å². The van der Waals surface area contributed by atoms with E-state index < -0.39 is 10.0 Å². The van der Waals surface area contributed by atoms with Crippen molar-refractivity contribution in [2.75, 3.05) is 42.9 Å². The Labute approximate surface area is 234 Å². The average Bonchev–Trinajstić information content (AvgIpc) is 2.96. The first-order valence-electron chi connectivity index (χ1n) is 12.7. The van der Waals surface area contributed by atoms with Crippen molar-refractivity contribution in [2.45, 2.75) is 18.2 Å². The molecule has 0 bridgehead atoms. The minimum absolute atomic E-state index is 0.0468. The molecule has 4 N–H and O–H groups in total. The first kappa shape index (κ1) is 28.7. The molecule has 40 heavy (non-hydrogen) atoms. The predicted molar refractivity (Wildman–Crippen MR) is 160 cm³/mol. The summed E-state index contributed by atoms with van der Waals surface area (Å²) in [5, 5.41) is 16.8. The number of nitrogens with one attached hydrogen (secondary N) is 3. The van der Waals surface area contributed by atoms with Crippen molar-refractivity contribution in [3.63, 3.8) is 0 Å². The Hall–Kier alpha value is -4.32. The maximum absolute atomic E-state index is 12.3. The molecule has 208 valence electrons. The van der Waals surface area contributed by atoms with Crippen molar-refractivity contribution in [3.8, 4) is 0 Å². The van der Waals surface area contributed by atoms with Gasteiger partial charge in [-0.25, -0.2) is 13.1 Å². The fraction of sp³-hybridized carbons (Fsp3) is 0.207. The van der Waals surface area contributed by atoms with Gasteiger partial charge in [-0.15, -0.1) is 0 Å². The summed E-state index contributed by atoms with van der Waals surface area (Å²) in [6.07, 6.45) is 0.588. The summed E-state index contributed by atoms with van der Waals surface area (Å²) in [6, 6.07) is 26.2. The molecule has 0 aliphatic heterocycles. The van der Waals surface area contributed by atoms with E-state index in [9.17, 15) is 8.42 Å². The number of hydrogen-bond donors (Lipinski definition) is 4. The molecule has 0 radical (unpaired) electrons. The van der Waals surface area contributed by atoms with E-state index in [-0.39, 0.29) is 18.0 Å². The lowest BCUT2D eigenvalue weighted by molar-refractivity contribution is 0.301. The van der Waals surface area contributed by atoms with Gasteiger partial charge in [0, 0.05) is 38.3 Å². The molecule has 0 atom stereocenters. The molecule has 11 heteroatoms. The van der Waals surface area contributed by atoms with Crippen molar-refractivity contribution >= 4 is 39.0 Å². The number of para-hydroxylation sites is 1. The third kappa shape index (κ3) is 7.41. The third-order valence-corrected chi connectivity index (χ3v) is 7.46. The van der Waals surface area contributed by atoms with E-state index >= 15 is 0 Å². The molecule has 0 saturated heterocycles. The maximum atomic E-state index is 12.3. The highest BCUT2D eigenvalue weighted by molar-refractivity contribution is 7.89. The molecule has 0 aliphatic carbocycles. The van der Waals surface area contributed by atoms with Gasteiger partial charge in [-0.1, -0.05) is 60.7 Å². The summed E-state index contributed by atoms with van der Waals surface area (Å²) >= 11 is 0. The number of rotatable bonds is 12. The van der Waals surface area contributed by atoms with E-state index in [2.05, 4.69) is 32.7 Å². The monoisotopic (exact) mass is 559 g/mol. The Morgan fingerprint density at radius 1 is 0.925 bits per heavy atom. The van der Waals surface area contributed by atoms with Crippen LogP contribution in [0.25, 0.3) is 0 Å². The van der Waals surface area contributed by atoms with Gasteiger partial charge in [0.25, 0.3) is 0 Å². The second kappa shape index (κ2) is 13.2. The van der Waals surface area contributed by atoms with E-state index in [0.29, 0.717) is 23.9 Å². The molecule has 3 aromatic carbocycles. The minimum Gasteiger partial charge on any atom is -0.395 e. The van der Waals surface area contributed by atoms with Gasteiger partial charge in [-0.2, -0.15) is 15.1 Å². The number of aliphatic hydroxyl groups excluding tert-OH is 1. The smallest absolute Gasteiger partial charge is 0.240 e. The van der Waals surface area contributed by atoms with Crippen LogP contribution in [0.15, 0.2) is 94.9 Å². The van der Waals surface area contributed by atoms with Gasteiger partial charge >= 0.3 is 0 Å². The minimum atomic E-state index is -3.69. The number of aromatic nitrogens is 2. The summed E-state index contributed by atoms with van der Waals surface area (Å²) < 4.78 is 27.0. The van der Waals surface area contributed by atoms with E-state index in [1.165, 1.54) is 12.1 Å². The van der Waals surface area contributed by atoms with Crippen molar-refractivity contribution in [1.29, 1.82) is 0 Å². The first-order valence-corrected chi connectivity index (χ1v) is 14.2. The van der Waals surface area contributed by atoms with E-state index in [4.69, 9.17) is 15.1 Å². The first-order chi connectivity index (χ1) is 19.3. The molecule has 4 rings (SSSR count). The van der Waals surface area contributed by atoms with Gasteiger partial charge in [-0.05, 0) is 42.3 Å². The number of hydrazone groups is 1. The molecule has 0 unspecified atom stereocenters. The summed E-state index contributed by atoms with van der Waals surface area (Å²) in [4.78, 5) is 11.6. The van der Waals surface area contributed by atoms with Crippen LogP contribution in [0.3, 0.4) is 0 Å². The quantitative estimate of drug-likeness (QED) is 0.151. The van der Waals surface area contributed by atoms with Gasteiger partial charge < -0.3 is 15.3 Å². The fourth-order valence-corrected chi connectivity index (χ4v) is 4.96. The number of sulfonamides is 1. The highest BCUT2D eigenvalue weighted by atomic mass is 32.2. The van der Waals surface area contributed by atoms with Crippen LogP contribution in [-0.2, 0) is 16.4 Å². The molecule has 1 aromatic heterocycles. The van der Waals surface area contributed by atoms with Gasteiger partial charge in [0.1, 0.15) is 5.82 Å². The van der Waals surface area contributed by atoms with Crippen molar-refractivity contribution in [3.05, 3.63) is 102 Å². The molecular formula is C29H33N7O3S. The Kier molecular flexibility index (Phi) is 9.43. The fourth-order valence-electron chi connectivity index (χ4n) is 3.94. The number of anilines is 4. The Balaban J connectivity index is 1.67.